The number of nitrogens with zero attached hydrogens (tertiary/aromatic N) is 5. The summed E-state index contributed by atoms with van der Waals surface area (Å²) in [6.07, 6.45) is 3.50. The van der Waals surface area contributed by atoms with E-state index in [1.807, 2.05) is 14.0 Å². The predicted molar refractivity (Wildman–Crippen MR) is 79.2 cm³/mol. The molecule has 0 bridgehead atoms. The average Bonchev–Trinajstić information content (AvgIpc) is 2.79. The number of hydrogen-bond donors (Lipinski definition) is 3. The molecule has 1 unspecified atom stereocenters. The van der Waals surface area contributed by atoms with Crippen LogP contribution in [0.25, 0.3) is 11.0 Å². The van der Waals surface area contributed by atoms with E-state index in [0.717, 1.165) is 30.4 Å². The van der Waals surface area contributed by atoms with Gasteiger partial charge in [-0.2, -0.15) is 5.10 Å². The molecule has 8 heteroatoms. The monoisotopic (exact) mass is 291 g/mol. The number of piperidine rings is 1. The van der Waals surface area contributed by atoms with E-state index >= 15 is 0 Å². The first kappa shape index (κ1) is 14.2. The topological polar surface area (TPSA) is 105 Å². The zero-order valence-electron chi connectivity index (χ0n) is 12.4. The highest BCUT2D eigenvalue weighted by Crippen LogP contribution is 2.23. The lowest BCUT2D eigenvalue weighted by Crippen LogP contribution is -2.45. The van der Waals surface area contributed by atoms with Crippen LogP contribution >= 0.6 is 0 Å². The molecule has 1 fully saturated rings. The SMILES string of the molecule is Cn1ncc2c(NN)nc(CN3CCCC(C)(O)C3)nc21. The van der Waals surface area contributed by atoms with Crippen LogP contribution in [-0.4, -0.2) is 48.4 Å². The summed E-state index contributed by atoms with van der Waals surface area (Å²) in [7, 11) is 1.84. The fourth-order valence-corrected chi connectivity index (χ4v) is 2.91. The van der Waals surface area contributed by atoms with Crippen molar-refractivity contribution in [2.75, 3.05) is 18.5 Å². The van der Waals surface area contributed by atoms with Gasteiger partial charge in [-0.25, -0.2) is 15.8 Å². The molecule has 4 N–H and O–H groups in total. The number of nitrogen functional groups attached to an aromatic ring is 1. The fraction of sp³-hybridized carbons (Fsp3) is 0.615. The zero-order chi connectivity index (χ0) is 15.0. The lowest BCUT2D eigenvalue weighted by atomic mass is 9.95. The second-order valence-electron chi connectivity index (χ2n) is 5.95. The van der Waals surface area contributed by atoms with Crippen LogP contribution < -0.4 is 11.3 Å². The molecule has 1 aliphatic rings. The van der Waals surface area contributed by atoms with Gasteiger partial charge in [0.15, 0.2) is 11.5 Å². The lowest BCUT2D eigenvalue weighted by molar-refractivity contribution is -0.0188. The van der Waals surface area contributed by atoms with Crippen molar-refractivity contribution < 1.29 is 5.11 Å². The van der Waals surface area contributed by atoms with Gasteiger partial charge in [-0.15, -0.1) is 0 Å². The number of hydrazine groups is 1. The van der Waals surface area contributed by atoms with Gasteiger partial charge < -0.3 is 10.5 Å². The number of aliphatic hydroxyl groups is 1. The van der Waals surface area contributed by atoms with E-state index in [0.29, 0.717) is 24.7 Å². The molecule has 8 nitrogen and oxygen atoms in total. The number of nitrogens with two attached hydrogens (primary N) is 1. The van der Waals surface area contributed by atoms with Crippen LogP contribution in [0.2, 0.25) is 0 Å². The smallest absolute Gasteiger partial charge is 0.163 e. The third-order valence-corrected chi connectivity index (χ3v) is 3.89. The Morgan fingerprint density at radius 2 is 2.29 bits per heavy atom. The van der Waals surface area contributed by atoms with E-state index in [1.165, 1.54) is 0 Å². The number of nitrogens with one attached hydrogen (secondary N) is 1. The van der Waals surface area contributed by atoms with Gasteiger partial charge in [0.2, 0.25) is 0 Å². The maximum atomic E-state index is 10.2. The zero-order valence-corrected chi connectivity index (χ0v) is 12.4. The molecule has 0 radical (unpaired) electrons. The van der Waals surface area contributed by atoms with Gasteiger partial charge in [-0.3, -0.25) is 9.58 Å². The number of likely N-dealkylation sites (tertiary alicyclic amines) is 1. The average molecular weight is 291 g/mol. The normalized spacial score (nSPS) is 23.6. The number of rotatable bonds is 3. The number of fused-ring (bicyclic) bond motifs is 1. The van der Waals surface area contributed by atoms with Crippen molar-refractivity contribution in [3.05, 3.63) is 12.0 Å². The van der Waals surface area contributed by atoms with Crippen molar-refractivity contribution in [1.29, 1.82) is 0 Å². The van der Waals surface area contributed by atoms with Crippen molar-refractivity contribution in [3.63, 3.8) is 0 Å². The molecule has 2 aromatic rings. The molecule has 1 saturated heterocycles. The Morgan fingerprint density at radius 3 is 3.00 bits per heavy atom. The summed E-state index contributed by atoms with van der Waals surface area (Å²) in [5.41, 5.74) is 2.72. The van der Waals surface area contributed by atoms with Gasteiger partial charge >= 0.3 is 0 Å². The maximum Gasteiger partial charge on any atom is 0.163 e. The summed E-state index contributed by atoms with van der Waals surface area (Å²) in [4.78, 5) is 11.2. The van der Waals surface area contributed by atoms with Gasteiger partial charge in [0.25, 0.3) is 0 Å². The standard InChI is InChI=1S/C13H21N7O/c1-13(21)4-3-5-20(8-13)7-10-16-11(18-14)9-6-15-19(2)12(9)17-10/h6,21H,3-5,7-8,14H2,1-2H3,(H,16,17,18). The highest BCUT2D eigenvalue weighted by molar-refractivity contribution is 5.86. The van der Waals surface area contributed by atoms with E-state index in [9.17, 15) is 5.11 Å². The van der Waals surface area contributed by atoms with Gasteiger partial charge in [-0.05, 0) is 26.3 Å². The molecule has 3 heterocycles. The number of hydrogen-bond acceptors (Lipinski definition) is 7. The first-order valence-corrected chi connectivity index (χ1v) is 7.08. The molecular weight excluding hydrogens is 270 g/mol. The largest absolute Gasteiger partial charge is 0.389 e. The second kappa shape index (κ2) is 5.21. The predicted octanol–water partition coefficient (Wildman–Crippen LogP) is -0.00430. The Morgan fingerprint density at radius 1 is 1.48 bits per heavy atom. The van der Waals surface area contributed by atoms with E-state index in [-0.39, 0.29) is 0 Å². The van der Waals surface area contributed by atoms with Gasteiger partial charge in [0.05, 0.1) is 23.7 Å². The molecule has 114 valence electrons. The number of β-amino-alcohol motifs (C(OH)–C–C–N with tert-alkyl or cyclic N) is 1. The van der Waals surface area contributed by atoms with Crippen LogP contribution in [0.4, 0.5) is 5.82 Å². The van der Waals surface area contributed by atoms with Crippen molar-refractivity contribution in [1.82, 2.24) is 24.6 Å². The molecule has 21 heavy (non-hydrogen) atoms. The second-order valence-corrected chi connectivity index (χ2v) is 5.95. The van der Waals surface area contributed by atoms with E-state index in [2.05, 4.69) is 25.4 Å². The minimum atomic E-state index is -0.635. The van der Waals surface area contributed by atoms with Crippen molar-refractivity contribution in [3.8, 4) is 0 Å². The minimum absolute atomic E-state index is 0.576. The third kappa shape index (κ3) is 2.82. The molecule has 2 aromatic heterocycles. The summed E-state index contributed by atoms with van der Waals surface area (Å²) < 4.78 is 1.70. The minimum Gasteiger partial charge on any atom is -0.389 e. The summed E-state index contributed by atoms with van der Waals surface area (Å²) >= 11 is 0. The number of aromatic nitrogens is 4. The Labute approximate surface area is 122 Å². The van der Waals surface area contributed by atoms with E-state index in [1.54, 1.807) is 10.9 Å². The summed E-state index contributed by atoms with van der Waals surface area (Å²) in [6, 6.07) is 0. The van der Waals surface area contributed by atoms with Crippen molar-refractivity contribution in [2.24, 2.45) is 12.9 Å². The first-order valence-electron chi connectivity index (χ1n) is 7.08. The van der Waals surface area contributed by atoms with Crippen LogP contribution in [0, 0.1) is 0 Å². The van der Waals surface area contributed by atoms with Gasteiger partial charge in [0.1, 0.15) is 5.82 Å². The quantitative estimate of drug-likeness (QED) is 0.540. The molecule has 1 aliphatic heterocycles. The Hall–Kier alpha value is -1.77. The molecule has 0 amide bonds. The van der Waals surface area contributed by atoms with Crippen LogP contribution in [-0.2, 0) is 13.6 Å². The summed E-state index contributed by atoms with van der Waals surface area (Å²) in [6.45, 7) is 4.03. The Bertz CT molecular complexity index is 651. The molecule has 0 aromatic carbocycles. The highest BCUT2D eigenvalue weighted by atomic mass is 16.3. The summed E-state index contributed by atoms with van der Waals surface area (Å²) in [5.74, 6) is 6.79. The van der Waals surface area contributed by atoms with Gasteiger partial charge in [-0.1, -0.05) is 0 Å². The van der Waals surface area contributed by atoms with Crippen LogP contribution in [0.1, 0.15) is 25.6 Å². The van der Waals surface area contributed by atoms with Crippen LogP contribution in [0.3, 0.4) is 0 Å². The fourth-order valence-electron chi connectivity index (χ4n) is 2.91. The van der Waals surface area contributed by atoms with Crippen LogP contribution in [0.15, 0.2) is 6.20 Å². The molecule has 0 aliphatic carbocycles. The van der Waals surface area contributed by atoms with E-state index in [4.69, 9.17) is 5.84 Å². The Kier molecular flexibility index (Phi) is 3.52. The van der Waals surface area contributed by atoms with Crippen LogP contribution in [0.5, 0.6) is 0 Å². The summed E-state index contributed by atoms with van der Waals surface area (Å²) in [5, 5.41) is 15.2. The maximum absolute atomic E-state index is 10.2. The molecule has 0 spiro atoms. The van der Waals surface area contributed by atoms with Gasteiger partial charge in [0, 0.05) is 13.6 Å². The molecule has 3 rings (SSSR count). The van der Waals surface area contributed by atoms with Crippen molar-refractivity contribution in [2.45, 2.75) is 31.9 Å². The van der Waals surface area contributed by atoms with E-state index < -0.39 is 5.60 Å². The third-order valence-electron chi connectivity index (χ3n) is 3.89. The molecule has 1 atom stereocenters. The first-order chi connectivity index (χ1) is 9.98. The Balaban J connectivity index is 1.88. The molecular formula is C13H21N7O. The van der Waals surface area contributed by atoms with Crippen molar-refractivity contribution >= 4 is 16.9 Å². The lowest BCUT2D eigenvalue weighted by Gasteiger charge is -2.36. The number of anilines is 1. The molecule has 0 saturated carbocycles. The highest BCUT2D eigenvalue weighted by Gasteiger charge is 2.28. The number of aryl methyl sites for hydroxylation is 1.